The molecule has 0 aromatic rings. The first-order valence-corrected chi connectivity index (χ1v) is 11.8. The Kier molecular flexibility index (Phi) is 5.94. The van der Waals surface area contributed by atoms with Gasteiger partial charge in [-0.25, -0.2) is 4.79 Å². The third-order valence-electron chi connectivity index (χ3n) is 7.75. The molecule has 5 rings (SSSR count). The Balaban J connectivity index is 1.07. The van der Waals surface area contributed by atoms with Gasteiger partial charge in [0.25, 0.3) is 0 Å². The summed E-state index contributed by atoms with van der Waals surface area (Å²) in [5.41, 5.74) is 3.07. The lowest BCUT2D eigenvalue weighted by Crippen LogP contribution is -2.54. The van der Waals surface area contributed by atoms with Gasteiger partial charge < -0.3 is 15.0 Å². The number of rotatable bonds is 4. The molecule has 9 heteroatoms. The van der Waals surface area contributed by atoms with Crippen LogP contribution in [0.2, 0.25) is 0 Å². The minimum atomic E-state index is -0.195. The molecular weight excluding hydrogens is 384 g/mol. The zero-order valence-electron chi connectivity index (χ0n) is 18.4. The van der Waals surface area contributed by atoms with Crippen molar-refractivity contribution in [3.05, 3.63) is 0 Å². The molecular formula is C21H38N6O3. The van der Waals surface area contributed by atoms with Crippen LogP contribution in [-0.4, -0.2) is 85.9 Å². The Bertz CT molecular complexity index is 624. The number of ether oxygens (including phenoxy) is 1. The number of hydrogen-bond donors (Lipinski definition) is 4. The Morgan fingerprint density at radius 2 is 1.90 bits per heavy atom. The van der Waals surface area contributed by atoms with Gasteiger partial charge in [-0.15, -0.1) is 0 Å². The highest BCUT2D eigenvalue weighted by Gasteiger charge is 2.44. The number of amides is 1. The second-order valence-corrected chi connectivity index (χ2v) is 10.3. The summed E-state index contributed by atoms with van der Waals surface area (Å²) in [4.78, 5) is 22.6. The highest BCUT2D eigenvalue weighted by molar-refractivity contribution is 5.68. The molecule has 5 atom stereocenters. The lowest BCUT2D eigenvalue weighted by molar-refractivity contribution is -0.0268. The van der Waals surface area contributed by atoms with Crippen molar-refractivity contribution >= 4 is 6.09 Å². The number of hydrogen-bond acceptors (Lipinski definition) is 8. The lowest BCUT2D eigenvalue weighted by atomic mass is 9.87. The van der Waals surface area contributed by atoms with E-state index in [1.165, 1.54) is 0 Å². The fourth-order valence-corrected chi connectivity index (χ4v) is 5.40. The molecule has 4 N–H and O–H groups in total. The minimum Gasteiger partial charge on any atom is -0.443 e. The van der Waals surface area contributed by atoms with Crippen molar-refractivity contribution in [1.82, 2.24) is 31.2 Å². The van der Waals surface area contributed by atoms with Crippen LogP contribution in [0, 0.1) is 11.8 Å². The minimum absolute atomic E-state index is 0.0662. The van der Waals surface area contributed by atoms with E-state index < -0.39 is 0 Å². The first kappa shape index (κ1) is 20.9. The van der Waals surface area contributed by atoms with Crippen molar-refractivity contribution in [3.8, 4) is 0 Å². The predicted octanol–water partition coefficient (Wildman–Crippen LogP) is 0.393. The van der Waals surface area contributed by atoms with Crippen molar-refractivity contribution in [2.45, 2.75) is 75.5 Å². The number of carbonyl (C=O) groups is 1. The van der Waals surface area contributed by atoms with Gasteiger partial charge in [-0.3, -0.25) is 20.4 Å². The summed E-state index contributed by atoms with van der Waals surface area (Å²) in [6.07, 6.45) is 6.29. The van der Waals surface area contributed by atoms with Gasteiger partial charge in [0.1, 0.15) is 11.8 Å². The van der Waals surface area contributed by atoms with Gasteiger partial charge >= 0.3 is 6.09 Å². The Hall–Kier alpha value is -0.970. The summed E-state index contributed by atoms with van der Waals surface area (Å²) in [6, 6.07) is 1.02. The highest BCUT2D eigenvalue weighted by Crippen LogP contribution is 2.39. The first-order chi connectivity index (χ1) is 14.5. The zero-order chi connectivity index (χ0) is 20.7. The molecule has 30 heavy (non-hydrogen) atoms. The van der Waals surface area contributed by atoms with Crippen molar-refractivity contribution in [2.75, 3.05) is 39.9 Å². The van der Waals surface area contributed by atoms with Gasteiger partial charge in [0.15, 0.2) is 0 Å². The second-order valence-electron chi connectivity index (χ2n) is 10.3. The molecule has 0 aromatic heterocycles. The molecule has 4 aliphatic heterocycles. The molecule has 170 valence electrons. The number of carbonyl (C=O) groups excluding carboxylic acids is 1. The molecule has 1 aliphatic carbocycles. The molecule has 5 fully saturated rings. The number of hydroxylamine groups is 1. The summed E-state index contributed by atoms with van der Waals surface area (Å²) in [5.74, 6) is 0.981. The van der Waals surface area contributed by atoms with Crippen molar-refractivity contribution in [2.24, 2.45) is 11.8 Å². The summed E-state index contributed by atoms with van der Waals surface area (Å²) >= 11 is 0. The van der Waals surface area contributed by atoms with Crippen LogP contribution in [0.5, 0.6) is 0 Å². The average molecular weight is 423 g/mol. The molecule has 5 unspecified atom stereocenters. The fraction of sp³-hybridized carbons (Fsp3) is 0.952. The van der Waals surface area contributed by atoms with Crippen LogP contribution < -0.4 is 21.4 Å². The van der Waals surface area contributed by atoms with Crippen molar-refractivity contribution < 1.29 is 14.4 Å². The molecule has 4 saturated heterocycles. The standard InChI is InChI=1S/C21H38N6O3/c1-21(6-7-21)29-20(28)27-9-4-14(5-10-27)18-24-19(30-25-18)15-3-8-22-16(11-15)17-12-26(2)13-23-17/h14-19,22-25H,3-13H2,1-2H3. The fourth-order valence-electron chi connectivity index (χ4n) is 5.40. The van der Waals surface area contributed by atoms with E-state index in [1.54, 1.807) is 0 Å². The highest BCUT2D eigenvalue weighted by atomic mass is 16.7. The van der Waals surface area contributed by atoms with Crippen LogP contribution in [0.15, 0.2) is 0 Å². The van der Waals surface area contributed by atoms with Crippen LogP contribution >= 0.6 is 0 Å². The van der Waals surface area contributed by atoms with E-state index in [0.29, 0.717) is 23.9 Å². The molecule has 1 amide bonds. The SMILES string of the molecule is CN1CNC(C2CC(C3NC(C4CCN(C(=O)OC5(C)CC5)CC4)NO3)CCN2)C1. The van der Waals surface area contributed by atoms with E-state index in [9.17, 15) is 4.79 Å². The van der Waals surface area contributed by atoms with E-state index in [1.807, 2.05) is 11.8 Å². The van der Waals surface area contributed by atoms with Gasteiger partial charge in [-0.2, -0.15) is 5.48 Å². The summed E-state index contributed by atoms with van der Waals surface area (Å²) < 4.78 is 5.62. The summed E-state index contributed by atoms with van der Waals surface area (Å²) in [5, 5.41) is 11.0. The Morgan fingerprint density at radius 3 is 2.60 bits per heavy atom. The van der Waals surface area contributed by atoms with Crippen LogP contribution in [0.3, 0.4) is 0 Å². The molecule has 9 nitrogen and oxygen atoms in total. The molecule has 0 aromatic carbocycles. The molecule has 0 radical (unpaired) electrons. The molecule has 5 aliphatic rings. The zero-order valence-corrected chi connectivity index (χ0v) is 18.4. The largest absolute Gasteiger partial charge is 0.443 e. The van der Waals surface area contributed by atoms with Gasteiger partial charge in [-0.05, 0) is 65.0 Å². The Morgan fingerprint density at radius 1 is 1.10 bits per heavy atom. The van der Waals surface area contributed by atoms with Crippen LogP contribution in [-0.2, 0) is 9.57 Å². The molecule has 0 spiro atoms. The smallest absolute Gasteiger partial charge is 0.410 e. The van der Waals surface area contributed by atoms with E-state index in [0.717, 1.165) is 71.4 Å². The van der Waals surface area contributed by atoms with Crippen molar-refractivity contribution in [1.29, 1.82) is 0 Å². The maximum Gasteiger partial charge on any atom is 0.410 e. The number of piperidine rings is 2. The maximum absolute atomic E-state index is 12.3. The Labute approximate surface area is 179 Å². The molecule has 4 heterocycles. The van der Waals surface area contributed by atoms with Crippen LogP contribution in [0.1, 0.15) is 45.4 Å². The third-order valence-corrected chi connectivity index (χ3v) is 7.75. The van der Waals surface area contributed by atoms with E-state index in [4.69, 9.17) is 9.57 Å². The average Bonchev–Trinajstić information content (AvgIpc) is 3.13. The predicted molar refractivity (Wildman–Crippen MR) is 112 cm³/mol. The molecule has 0 bridgehead atoms. The lowest BCUT2D eigenvalue weighted by Gasteiger charge is -2.36. The third kappa shape index (κ3) is 4.61. The van der Waals surface area contributed by atoms with Crippen molar-refractivity contribution in [3.63, 3.8) is 0 Å². The van der Waals surface area contributed by atoms with Crippen LogP contribution in [0.25, 0.3) is 0 Å². The van der Waals surface area contributed by atoms with Gasteiger partial charge in [-0.1, -0.05) is 0 Å². The monoisotopic (exact) mass is 422 g/mol. The molecule has 1 saturated carbocycles. The first-order valence-electron chi connectivity index (χ1n) is 11.8. The number of likely N-dealkylation sites (tertiary alicyclic amines) is 1. The van der Waals surface area contributed by atoms with Crippen LogP contribution in [0.4, 0.5) is 4.79 Å². The van der Waals surface area contributed by atoms with E-state index >= 15 is 0 Å². The number of nitrogens with one attached hydrogen (secondary N) is 4. The number of nitrogens with zero attached hydrogens (tertiary/aromatic N) is 2. The van der Waals surface area contributed by atoms with Gasteiger partial charge in [0.05, 0.1) is 6.17 Å². The quantitative estimate of drug-likeness (QED) is 0.518. The summed E-state index contributed by atoms with van der Waals surface area (Å²) in [7, 11) is 2.17. The van der Waals surface area contributed by atoms with E-state index in [2.05, 4.69) is 33.4 Å². The maximum atomic E-state index is 12.3. The number of likely N-dealkylation sites (N-methyl/N-ethyl adjacent to an activating group) is 1. The van der Waals surface area contributed by atoms with Gasteiger partial charge in [0.2, 0.25) is 0 Å². The topological polar surface area (TPSA) is 90.1 Å². The van der Waals surface area contributed by atoms with Gasteiger partial charge in [0, 0.05) is 44.3 Å². The summed E-state index contributed by atoms with van der Waals surface area (Å²) in [6.45, 7) is 6.67. The second kappa shape index (κ2) is 8.52. The van der Waals surface area contributed by atoms with E-state index in [-0.39, 0.29) is 24.1 Å². The normalized spacial score (nSPS) is 39.9.